The first-order valence-corrected chi connectivity index (χ1v) is 11.4. The summed E-state index contributed by atoms with van der Waals surface area (Å²) < 4.78 is 25.9. The van der Waals surface area contributed by atoms with E-state index < -0.39 is 23.9 Å². The third kappa shape index (κ3) is 4.21. The van der Waals surface area contributed by atoms with Gasteiger partial charge in [0, 0.05) is 23.5 Å². The maximum atomic E-state index is 12.9. The SMILES string of the molecule is O=C(O)[C@H]1CC[C@](O)(c2ncc(-c3n[nH]c4ccc(Nc5nccc(C(F)F)n5)cc34)s2)CC1. The fraction of sp³-hybridized carbons (Fsp3) is 0.318. The highest BCUT2D eigenvalue weighted by atomic mass is 32.1. The first-order chi connectivity index (χ1) is 16.3. The minimum absolute atomic E-state index is 0.0569. The van der Waals surface area contributed by atoms with Gasteiger partial charge in [-0.15, -0.1) is 11.3 Å². The predicted molar refractivity (Wildman–Crippen MR) is 121 cm³/mol. The van der Waals surface area contributed by atoms with Crippen molar-refractivity contribution in [3.8, 4) is 10.6 Å². The molecular weight excluding hydrogens is 466 g/mol. The van der Waals surface area contributed by atoms with Gasteiger partial charge in [0.1, 0.15) is 22.0 Å². The van der Waals surface area contributed by atoms with Gasteiger partial charge in [0.25, 0.3) is 6.43 Å². The molecule has 0 saturated heterocycles. The van der Waals surface area contributed by atoms with E-state index in [0.29, 0.717) is 42.1 Å². The van der Waals surface area contributed by atoms with E-state index >= 15 is 0 Å². The van der Waals surface area contributed by atoms with Crippen molar-refractivity contribution >= 4 is 39.8 Å². The van der Waals surface area contributed by atoms with Gasteiger partial charge in [-0.3, -0.25) is 9.89 Å². The Bertz CT molecular complexity index is 1350. The van der Waals surface area contributed by atoms with Crippen molar-refractivity contribution in [3.05, 3.63) is 47.4 Å². The monoisotopic (exact) mass is 486 g/mol. The molecule has 176 valence electrons. The van der Waals surface area contributed by atoms with Crippen molar-refractivity contribution in [2.75, 3.05) is 5.32 Å². The fourth-order valence-electron chi connectivity index (χ4n) is 4.12. The number of nitrogens with one attached hydrogen (secondary N) is 2. The smallest absolute Gasteiger partial charge is 0.306 e. The van der Waals surface area contributed by atoms with Gasteiger partial charge in [0.05, 0.1) is 16.3 Å². The maximum absolute atomic E-state index is 12.9. The summed E-state index contributed by atoms with van der Waals surface area (Å²) in [7, 11) is 0. The number of H-pyrrole nitrogens is 1. The standard InChI is InChI=1S/C22H20F2N6O3S/c23-18(24)15-5-8-25-21(28-15)27-12-1-2-14-13(9-12)17(30-29-14)16-10-26-20(34-16)22(33)6-3-11(4-7-22)19(31)32/h1-2,5,8-11,18,33H,3-4,6-7H2,(H,29,30)(H,31,32)(H,25,27,28)/t11-,22+. The molecule has 1 aromatic carbocycles. The molecule has 0 unspecified atom stereocenters. The molecule has 1 aliphatic carbocycles. The van der Waals surface area contributed by atoms with Gasteiger partial charge in [0.15, 0.2) is 0 Å². The van der Waals surface area contributed by atoms with Crippen LogP contribution in [0.25, 0.3) is 21.5 Å². The van der Waals surface area contributed by atoms with Crippen LogP contribution in [0.2, 0.25) is 0 Å². The van der Waals surface area contributed by atoms with E-state index in [0.717, 1.165) is 21.8 Å². The van der Waals surface area contributed by atoms with E-state index in [1.54, 1.807) is 24.4 Å². The number of carbonyl (C=O) groups is 1. The second-order valence-electron chi connectivity index (χ2n) is 8.24. The quantitative estimate of drug-likeness (QED) is 0.310. The van der Waals surface area contributed by atoms with Crippen LogP contribution >= 0.6 is 11.3 Å². The zero-order valence-corrected chi connectivity index (χ0v) is 18.5. The number of aliphatic hydroxyl groups is 1. The molecule has 0 spiro atoms. The lowest BCUT2D eigenvalue weighted by Crippen LogP contribution is -2.33. The highest BCUT2D eigenvalue weighted by Crippen LogP contribution is 2.43. The van der Waals surface area contributed by atoms with Gasteiger partial charge in [-0.05, 0) is 49.9 Å². The van der Waals surface area contributed by atoms with Gasteiger partial charge in [-0.2, -0.15) is 5.10 Å². The van der Waals surface area contributed by atoms with Gasteiger partial charge in [-0.25, -0.2) is 23.7 Å². The molecule has 0 atom stereocenters. The summed E-state index contributed by atoms with van der Waals surface area (Å²) >= 11 is 1.32. The number of thiazole rings is 1. The maximum Gasteiger partial charge on any atom is 0.306 e. The minimum Gasteiger partial charge on any atom is -0.481 e. The van der Waals surface area contributed by atoms with Crippen molar-refractivity contribution in [1.82, 2.24) is 25.1 Å². The number of hydrogen-bond acceptors (Lipinski definition) is 8. The lowest BCUT2D eigenvalue weighted by molar-refractivity contribution is -0.145. The molecule has 1 aliphatic rings. The molecule has 9 nitrogen and oxygen atoms in total. The molecular formula is C22H20F2N6O3S. The summed E-state index contributed by atoms with van der Waals surface area (Å²) in [6.07, 6.45) is 1.69. The predicted octanol–water partition coefficient (Wildman–Crippen LogP) is 4.62. The molecule has 4 N–H and O–H groups in total. The van der Waals surface area contributed by atoms with Crippen molar-refractivity contribution in [3.63, 3.8) is 0 Å². The highest BCUT2D eigenvalue weighted by molar-refractivity contribution is 7.15. The number of carboxylic acids is 1. The van der Waals surface area contributed by atoms with Crippen molar-refractivity contribution in [2.24, 2.45) is 5.92 Å². The van der Waals surface area contributed by atoms with Crippen LogP contribution in [0, 0.1) is 5.92 Å². The van der Waals surface area contributed by atoms with Crippen LogP contribution in [0.3, 0.4) is 0 Å². The Kier molecular flexibility index (Phi) is 5.70. The van der Waals surface area contributed by atoms with Crippen LogP contribution < -0.4 is 5.32 Å². The second kappa shape index (κ2) is 8.69. The van der Waals surface area contributed by atoms with Crippen LogP contribution in [-0.4, -0.2) is 41.3 Å². The van der Waals surface area contributed by atoms with E-state index in [2.05, 4.69) is 30.5 Å². The van der Waals surface area contributed by atoms with Crippen LogP contribution in [0.15, 0.2) is 36.7 Å². The number of alkyl halides is 2. The molecule has 12 heteroatoms. The Morgan fingerprint density at radius 3 is 2.76 bits per heavy atom. The summed E-state index contributed by atoms with van der Waals surface area (Å²) in [4.78, 5) is 24.2. The number of halogens is 2. The summed E-state index contributed by atoms with van der Waals surface area (Å²) in [5, 5.41) is 31.9. The number of aliphatic carboxylic acids is 1. The number of anilines is 2. The Hall–Kier alpha value is -3.51. The van der Waals surface area contributed by atoms with Crippen molar-refractivity contribution < 1.29 is 23.8 Å². The molecule has 0 aliphatic heterocycles. The summed E-state index contributed by atoms with van der Waals surface area (Å²) in [6.45, 7) is 0. The summed E-state index contributed by atoms with van der Waals surface area (Å²) in [5.41, 5.74) is 0.471. The van der Waals surface area contributed by atoms with E-state index in [-0.39, 0.29) is 11.6 Å². The fourth-order valence-corrected chi connectivity index (χ4v) is 5.18. The zero-order chi connectivity index (χ0) is 23.9. The number of hydrogen-bond donors (Lipinski definition) is 4. The number of rotatable bonds is 6. The molecule has 34 heavy (non-hydrogen) atoms. The molecule has 3 heterocycles. The van der Waals surface area contributed by atoms with E-state index in [1.165, 1.54) is 17.5 Å². The van der Waals surface area contributed by atoms with Crippen LogP contribution in [0.5, 0.6) is 0 Å². The lowest BCUT2D eigenvalue weighted by Gasteiger charge is -2.32. The zero-order valence-electron chi connectivity index (χ0n) is 17.7. The summed E-state index contributed by atoms with van der Waals surface area (Å²) in [5.74, 6) is -1.21. The number of nitrogens with zero attached hydrogens (tertiary/aromatic N) is 4. The van der Waals surface area contributed by atoms with Gasteiger partial charge in [-0.1, -0.05) is 0 Å². The molecule has 0 bridgehead atoms. The molecule has 1 saturated carbocycles. The number of benzene rings is 1. The largest absolute Gasteiger partial charge is 0.481 e. The number of fused-ring (bicyclic) bond motifs is 1. The molecule has 0 radical (unpaired) electrons. The Morgan fingerprint density at radius 2 is 2.03 bits per heavy atom. The third-order valence-electron chi connectivity index (χ3n) is 6.02. The Balaban J connectivity index is 1.40. The van der Waals surface area contributed by atoms with Gasteiger partial charge in [0.2, 0.25) is 5.95 Å². The minimum atomic E-state index is -2.69. The first-order valence-electron chi connectivity index (χ1n) is 10.6. The van der Waals surface area contributed by atoms with Gasteiger partial charge < -0.3 is 15.5 Å². The van der Waals surface area contributed by atoms with Crippen LogP contribution in [0.4, 0.5) is 20.4 Å². The van der Waals surface area contributed by atoms with Crippen molar-refractivity contribution in [2.45, 2.75) is 37.7 Å². The molecule has 5 rings (SSSR count). The highest BCUT2D eigenvalue weighted by Gasteiger charge is 2.39. The first kappa shape index (κ1) is 22.3. The van der Waals surface area contributed by atoms with Gasteiger partial charge >= 0.3 is 5.97 Å². The Morgan fingerprint density at radius 1 is 1.24 bits per heavy atom. The van der Waals surface area contributed by atoms with E-state index in [1.807, 2.05) is 0 Å². The molecule has 4 aromatic rings. The second-order valence-corrected chi connectivity index (χ2v) is 9.27. The molecule has 1 fully saturated rings. The van der Waals surface area contributed by atoms with Crippen LogP contribution in [-0.2, 0) is 10.4 Å². The van der Waals surface area contributed by atoms with Crippen LogP contribution in [0.1, 0.15) is 42.8 Å². The normalized spacial score (nSPS) is 20.6. The van der Waals surface area contributed by atoms with Crippen molar-refractivity contribution in [1.29, 1.82) is 0 Å². The third-order valence-corrected chi connectivity index (χ3v) is 7.22. The average Bonchev–Trinajstić information content (AvgIpc) is 3.47. The average molecular weight is 487 g/mol. The molecule has 3 aromatic heterocycles. The number of aromatic amines is 1. The topological polar surface area (TPSA) is 137 Å². The molecule has 0 amide bonds. The lowest BCUT2D eigenvalue weighted by atomic mass is 9.79. The van der Waals surface area contributed by atoms with E-state index in [9.17, 15) is 23.8 Å². The number of aromatic nitrogens is 5. The summed E-state index contributed by atoms with van der Waals surface area (Å²) in [6, 6.07) is 6.52. The van der Waals surface area contributed by atoms with E-state index in [4.69, 9.17) is 0 Å². The number of carboxylic acid groups (broad SMARTS) is 1. The Labute approximate surface area is 195 Å².